The van der Waals surface area contributed by atoms with Crippen molar-refractivity contribution in [3.05, 3.63) is 156 Å². The van der Waals surface area contributed by atoms with Gasteiger partial charge in [-0.1, -0.05) is 137 Å². The van der Waals surface area contributed by atoms with Crippen molar-refractivity contribution in [3.8, 4) is 5.82 Å². The molecule has 0 amide bonds. The fourth-order valence-corrected chi connectivity index (χ4v) is 9.64. The van der Waals surface area contributed by atoms with Crippen LogP contribution in [0.25, 0.3) is 27.6 Å². The summed E-state index contributed by atoms with van der Waals surface area (Å²) >= 11 is 1.88. The maximum atomic E-state index is 6.78. The molecule has 0 atom stereocenters. The molecule has 1 saturated heterocycles. The van der Waals surface area contributed by atoms with Crippen molar-refractivity contribution < 1.29 is 34.8 Å². The normalized spacial score (nSPS) is 14.9. The minimum atomic E-state index is -0.645. The van der Waals surface area contributed by atoms with Gasteiger partial charge in [0.15, 0.2) is 0 Å². The van der Waals surface area contributed by atoms with Crippen LogP contribution in [0.2, 0.25) is 10.6 Å². The van der Waals surface area contributed by atoms with Crippen molar-refractivity contribution in [2.75, 3.05) is 9.80 Å². The first-order valence-corrected chi connectivity index (χ1v) is 24.0. The number of aromatic nitrogens is 2. The molecule has 0 bridgehead atoms. The molecule has 2 aliphatic heterocycles. The molecule has 0 radical (unpaired) electrons. The fourth-order valence-electron chi connectivity index (χ4n) is 8.77. The molecule has 2 aliphatic rings. The van der Waals surface area contributed by atoms with Crippen molar-refractivity contribution in [3.63, 3.8) is 0 Å². The van der Waals surface area contributed by atoms with Crippen molar-refractivity contribution in [2.45, 2.75) is 116 Å². The van der Waals surface area contributed by atoms with E-state index in [0.717, 1.165) is 67.7 Å². The molecule has 7 aromatic rings. The topological polar surface area (TPSA) is 52.0 Å². The number of benzene rings is 5. The second-order valence-electron chi connectivity index (χ2n) is 21.8. The Labute approximate surface area is 413 Å². The van der Waals surface area contributed by atoms with E-state index in [1.54, 1.807) is 0 Å². The fraction of sp³-hybridized carbons (Fsp3) is 0.333. The first-order valence-electron chi connectivity index (χ1n) is 22.9. The van der Waals surface area contributed by atoms with Crippen LogP contribution in [0.1, 0.15) is 105 Å². The van der Waals surface area contributed by atoms with Gasteiger partial charge in [0, 0.05) is 55.3 Å². The third-order valence-corrected chi connectivity index (χ3v) is 13.3. The van der Waals surface area contributed by atoms with Gasteiger partial charge in [-0.3, -0.25) is 0 Å². The molecule has 0 aliphatic carbocycles. The van der Waals surface area contributed by atoms with Crippen LogP contribution in [0.3, 0.4) is 0 Å². The van der Waals surface area contributed by atoms with Crippen LogP contribution in [0.15, 0.2) is 115 Å². The Morgan fingerprint density at radius 3 is 1.92 bits per heavy atom. The summed E-state index contributed by atoms with van der Waals surface area (Å²) in [5, 5.41) is 1.86. The third-order valence-electron chi connectivity index (χ3n) is 12.3. The van der Waals surface area contributed by atoms with E-state index in [-0.39, 0.29) is 42.5 Å². The molecule has 342 valence electrons. The van der Waals surface area contributed by atoms with E-state index in [1.165, 1.54) is 21.9 Å². The Bertz CT molecular complexity index is 2860. The van der Waals surface area contributed by atoms with Crippen molar-refractivity contribution >= 4 is 83.1 Å². The van der Waals surface area contributed by atoms with Gasteiger partial charge in [0.05, 0.1) is 0 Å². The largest absolute Gasteiger partial charge is 0.493 e. The van der Waals surface area contributed by atoms with Gasteiger partial charge in [0.25, 0.3) is 0 Å². The van der Waals surface area contributed by atoms with Crippen LogP contribution in [0.5, 0.6) is 0 Å². The Morgan fingerprint density at radius 2 is 1.26 bits per heavy atom. The Morgan fingerprint density at radius 1 is 0.621 bits per heavy atom. The van der Waals surface area contributed by atoms with E-state index in [9.17, 15) is 0 Å². The molecule has 66 heavy (non-hydrogen) atoms. The predicted octanol–water partition coefficient (Wildman–Crippen LogP) is 13.5. The SMILES string of the molecule is CC(C)(C)B1OB(c2cccc(C(C)(C)C)c2N2[CH-]N(c3[c-]c(CSCc4[c-]c5c(cc4)c4ccccc4n5-c4cc(C(C)(C)C)ccn4)ccc3)c3ccccc32)OB(C(C)(C)C)O1.[Pt]. The zero-order valence-corrected chi connectivity index (χ0v) is 43.5. The number of nitrogens with zero attached hydrogens (tertiary/aromatic N) is 4. The van der Waals surface area contributed by atoms with Crippen molar-refractivity contribution in [1.29, 1.82) is 0 Å². The number of para-hydroxylation sites is 4. The number of anilines is 4. The summed E-state index contributed by atoms with van der Waals surface area (Å²) in [6.45, 7) is 28.7. The molecule has 7 nitrogen and oxygen atoms in total. The van der Waals surface area contributed by atoms with Crippen LogP contribution >= 0.6 is 11.8 Å². The van der Waals surface area contributed by atoms with Gasteiger partial charge in [-0.25, -0.2) is 4.98 Å². The molecule has 9 rings (SSSR count). The van der Waals surface area contributed by atoms with Gasteiger partial charge < -0.3 is 28.1 Å². The summed E-state index contributed by atoms with van der Waals surface area (Å²) in [7, 11) is -1.56. The van der Waals surface area contributed by atoms with Crippen LogP contribution < -0.4 is 15.3 Å². The molecular formula is C54H60B3N4O3PtS-3. The summed E-state index contributed by atoms with van der Waals surface area (Å²) in [4.78, 5) is 9.46. The molecule has 4 heterocycles. The summed E-state index contributed by atoms with van der Waals surface area (Å²) in [5.74, 6) is 2.53. The Hall–Kier alpha value is -4.24. The van der Waals surface area contributed by atoms with Crippen LogP contribution in [0, 0.1) is 18.8 Å². The van der Waals surface area contributed by atoms with E-state index >= 15 is 0 Å². The van der Waals surface area contributed by atoms with E-state index < -0.39 is 21.4 Å². The van der Waals surface area contributed by atoms with Gasteiger partial charge in [-0.15, -0.1) is 17.7 Å². The molecule has 0 N–H and O–H groups in total. The summed E-state index contributed by atoms with van der Waals surface area (Å²) < 4.78 is 22.3. The molecule has 12 heteroatoms. The smallest absolute Gasteiger partial charge is 0.468 e. The quantitative estimate of drug-likeness (QED) is 0.111. The number of pyridine rings is 1. The standard InChI is InChI=1S/C54H60B3N4O3S.Pt/c1-51(2,3)39-29-30-58-49(33-39)61-45-24-14-13-21-41(45)42-28-27-38(32-48(42)61)35-65-34-37-19-17-20-40(31-37)59-36-60(47-26-16-15-25-46(47)59)50-43(52(4,5)6)22-18-23-44(50)55-62-56(53(7,8)9)64-57(63-55)54(10,11)12;/h13-30,33,36H,34-35H2,1-12H3;/q-3;. The second kappa shape index (κ2) is 18.3. The maximum Gasteiger partial charge on any atom is 0.468 e. The van der Waals surface area contributed by atoms with Gasteiger partial charge in [-0.2, -0.15) is 65.4 Å². The minimum absolute atomic E-state index is 0. The zero-order valence-electron chi connectivity index (χ0n) is 40.4. The molecule has 0 saturated carbocycles. The molecule has 2 aromatic heterocycles. The minimum Gasteiger partial charge on any atom is -0.493 e. The van der Waals surface area contributed by atoms with Crippen LogP contribution in [0.4, 0.5) is 22.7 Å². The average Bonchev–Trinajstić information content (AvgIpc) is 3.81. The van der Waals surface area contributed by atoms with Gasteiger partial charge in [0.2, 0.25) is 0 Å². The second-order valence-corrected chi connectivity index (χ2v) is 22.8. The third kappa shape index (κ3) is 9.58. The number of rotatable bonds is 8. The maximum absolute atomic E-state index is 6.78. The van der Waals surface area contributed by atoms with E-state index in [0.29, 0.717) is 0 Å². The number of hydrogen-bond acceptors (Lipinski definition) is 7. The van der Waals surface area contributed by atoms with Gasteiger partial charge in [0.1, 0.15) is 5.82 Å². The van der Waals surface area contributed by atoms with Crippen molar-refractivity contribution in [2.24, 2.45) is 0 Å². The molecule has 1 fully saturated rings. The van der Waals surface area contributed by atoms with E-state index in [4.69, 9.17) is 18.7 Å². The summed E-state index contributed by atoms with van der Waals surface area (Å²) in [5.41, 5.74) is 11.9. The van der Waals surface area contributed by atoms with Crippen molar-refractivity contribution in [1.82, 2.24) is 9.55 Å². The van der Waals surface area contributed by atoms with Gasteiger partial charge in [-0.05, 0) is 79.8 Å². The number of thioether (sulfide) groups is 1. The molecule has 0 spiro atoms. The average molecular weight is 1070 g/mol. The molecule has 5 aromatic carbocycles. The predicted molar refractivity (Wildman–Crippen MR) is 276 cm³/mol. The first-order chi connectivity index (χ1) is 30.8. The first kappa shape index (κ1) is 48.2. The monoisotopic (exact) mass is 1070 g/mol. The van der Waals surface area contributed by atoms with E-state index in [2.05, 4.69) is 225 Å². The Balaban J connectivity index is 0.00000592. The van der Waals surface area contributed by atoms with Crippen LogP contribution in [-0.2, 0) is 57.1 Å². The number of fused-ring (bicyclic) bond motifs is 4. The van der Waals surface area contributed by atoms with E-state index in [1.807, 2.05) is 18.0 Å². The molecule has 0 unspecified atom stereocenters. The summed E-state index contributed by atoms with van der Waals surface area (Å²) in [6, 6.07) is 46.6. The van der Waals surface area contributed by atoms with Gasteiger partial charge >= 0.3 is 21.4 Å². The summed E-state index contributed by atoms with van der Waals surface area (Å²) in [6.07, 6.45) is 1.93. The number of hydrogen-bond donors (Lipinski definition) is 0. The van der Waals surface area contributed by atoms with Crippen LogP contribution in [-0.4, -0.2) is 30.9 Å². The molecular weight excluding hydrogens is 1010 g/mol. The Kier molecular flexibility index (Phi) is 13.4. The zero-order chi connectivity index (χ0) is 46.1.